The van der Waals surface area contributed by atoms with Crippen LogP contribution in [-0.4, -0.2) is 35.9 Å². The van der Waals surface area contributed by atoms with E-state index in [1.54, 1.807) is 66.5 Å². The number of halogens is 1. The van der Waals surface area contributed by atoms with Crippen LogP contribution in [0.1, 0.15) is 27.5 Å². The lowest BCUT2D eigenvalue weighted by Gasteiger charge is -2.15. The summed E-state index contributed by atoms with van der Waals surface area (Å²) in [6, 6.07) is 20.6. The van der Waals surface area contributed by atoms with Crippen LogP contribution in [0.15, 0.2) is 78.9 Å². The Morgan fingerprint density at radius 1 is 1.03 bits per heavy atom. The molecule has 0 spiro atoms. The second-order valence-corrected chi connectivity index (χ2v) is 7.10. The lowest BCUT2D eigenvalue weighted by atomic mass is 9.99. The van der Waals surface area contributed by atoms with Gasteiger partial charge in [0, 0.05) is 16.7 Å². The number of hydrogen-bond donors (Lipinski definition) is 2. The molecule has 0 unspecified atom stereocenters. The third-order valence-electron chi connectivity index (χ3n) is 5.08. The van der Waals surface area contributed by atoms with Gasteiger partial charge >= 0.3 is 5.91 Å². The largest absolute Gasteiger partial charge is 0.497 e. The first-order valence-corrected chi connectivity index (χ1v) is 9.74. The van der Waals surface area contributed by atoms with Gasteiger partial charge in [0.25, 0.3) is 5.91 Å². The Kier molecular flexibility index (Phi) is 5.75. The number of benzene rings is 3. The van der Waals surface area contributed by atoms with Crippen LogP contribution in [-0.2, 0) is 4.79 Å². The van der Waals surface area contributed by atoms with E-state index in [1.807, 2.05) is 18.2 Å². The molecule has 0 bridgehead atoms. The van der Waals surface area contributed by atoms with Crippen molar-refractivity contribution in [1.29, 1.82) is 0 Å². The Morgan fingerprint density at radius 2 is 1.71 bits per heavy atom. The predicted molar refractivity (Wildman–Crippen MR) is 113 cm³/mol. The molecule has 3 aromatic rings. The van der Waals surface area contributed by atoms with Gasteiger partial charge in [0.1, 0.15) is 11.6 Å². The maximum Gasteiger partial charge on any atom is 0.304 e. The van der Waals surface area contributed by atoms with Gasteiger partial charge in [0.05, 0.1) is 7.11 Å². The topological polar surface area (TPSA) is 70.4 Å². The second kappa shape index (κ2) is 8.79. The fraction of sp³-hybridized carbons (Fsp3) is 0.125. The molecule has 6 nitrogen and oxygen atoms in total. The Balaban J connectivity index is 1.70. The van der Waals surface area contributed by atoms with Crippen molar-refractivity contribution < 1.29 is 23.4 Å². The predicted octanol–water partition coefficient (Wildman–Crippen LogP) is 2.85. The van der Waals surface area contributed by atoms with E-state index < -0.39 is 12.1 Å². The van der Waals surface area contributed by atoms with Gasteiger partial charge < -0.3 is 10.1 Å². The van der Waals surface area contributed by atoms with Crippen molar-refractivity contribution in [3.63, 3.8) is 0 Å². The fourth-order valence-electron chi connectivity index (χ4n) is 3.51. The van der Waals surface area contributed by atoms with Gasteiger partial charge in [0.15, 0.2) is 6.04 Å². The third-order valence-corrected chi connectivity index (χ3v) is 5.08. The zero-order valence-corrected chi connectivity index (χ0v) is 16.8. The molecule has 0 aliphatic carbocycles. The first-order valence-electron chi connectivity index (χ1n) is 9.74. The minimum Gasteiger partial charge on any atom is -0.497 e. The Hall–Kier alpha value is -4.00. The van der Waals surface area contributed by atoms with Crippen LogP contribution in [0, 0.1) is 5.82 Å². The van der Waals surface area contributed by atoms with Crippen molar-refractivity contribution >= 4 is 18.0 Å². The highest BCUT2D eigenvalue weighted by molar-refractivity contribution is 5.98. The molecule has 1 saturated heterocycles. The smallest absolute Gasteiger partial charge is 0.304 e. The number of hydrogen-bond acceptors (Lipinski definition) is 3. The number of hydrazone groups is 1. The van der Waals surface area contributed by atoms with Crippen LogP contribution < -0.4 is 15.5 Å². The number of rotatable bonds is 5. The molecule has 2 atom stereocenters. The van der Waals surface area contributed by atoms with Crippen LogP contribution in [0.5, 0.6) is 5.75 Å². The number of carbonyl (C=O) groups is 2. The Labute approximate surface area is 179 Å². The summed E-state index contributed by atoms with van der Waals surface area (Å²) in [7, 11) is 1.58. The fourth-order valence-corrected chi connectivity index (χ4v) is 3.51. The highest BCUT2D eigenvalue weighted by Gasteiger charge is 2.47. The van der Waals surface area contributed by atoms with E-state index in [9.17, 15) is 14.0 Å². The summed E-state index contributed by atoms with van der Waals surface area (Å²) in [5, 5.41) is 2.84. The van der Waals surface area contributed by atoms with Crippen LogP contribution in [0.2, 0.25) is 0 Å². The average molecular weight is 418 g/mol. The number of nitrogens with zero attached hydrogens (tertiary/aromatic N) is 1. The molecule has 2 amide bonds. The van der Waals surface area contributed by atoms with E-state index in [2.05, 4.69) is 10.7 Å². The van der Waals surface area contributed by atoms with Crippen molar-refractivity contribution in [1.82, 2.24) is 10.7 Å². The van der Waals surface area contributed by atoms with E-state index in [4.69, 9.17) is 4.74 Å². The molecule has 0 radical (unpaired) electrons. The highest BCUT2D eigenvalue weighted by Crippen LogP contribution is 2.27. The number of methoxy groups -OCH3 is 1. The minimum absolute atomic E-state index is 0.344. The normalized spacial score (nSPS) is 19.2. The van der Waals surface area contributed by atoms with Crippen LogP contribution in [0.3, 0.4) is 0 Å². The van der Waals surface area contributed by atoms with Gasteiger partial charge in [0.2, 0.25) is 12.3 Å². The molecule has 0 aromatic heterocycles. The number of nitrogens with one attached hydrogen (secondary N) is 2. The minimum atomic E-state index is -0.835. The number of ether oxygens (including phenoxy) is 1. The molecular formula is C24H21FN3O3+. The van der Waals surface area contributed by atoms with Gasteiger partial charge in [-0.25, -0.2) is 4.39 Å². The summed E-state index contributed by atoms with van der Waals surface area (Å²) < 4.78 is 20.1. The van der Waals surface area contributed by atoms with E-state index in [0.717, 1.165) is 5.56 Å². The molecule has 3 aromatic carbocycles. The lowest BCUT2D eigenvalue weighted by Crippen LogP contribution is -2.42. The van der Waals surface area contributed by atoms with E-state index in [-0.39, 0.29) is 17.6 Å². The molecule has 31 heavy (non-hydrogen) atoms. The lowest BCUT2D eigenvalue weighted by molar-refractivity contribution is -0.596. The maximum absolute atomic E-state index is 13.3. The summed E-state index contributed by atoms with van der Waals surface area (Å²) in [4.78, 5) is 25.6. The van der Waals surface area contributed by atoms with Crippen molar-refractivity contribution in [2.75, 3.05) is 7.11 Å². The van der Waals surface area contributed by atoms with Gasteiger partial charge in [-0.1, -0.05) is 18.2 Å². The highest BCUT2D eigenvalue weighted by atomic mass is 19.1. The number of hydrazine groups is 1. The molecule has 1 fully saturated rings. The van der Waals surface area contributed by atoms with E-state index >= 15 is 0 Å². The zero-order chi connectivity index (χ0) is 21.8. The van der Waals surface area contributed by atoms with Crippen molar-refractivity contribution in [2.24, 2.45) is 0 Å². The van der Waals surface area contributed by atoms with Crippen LogP contribution >= 0.6 is 0 Å². The zero-order valence-electron chi connectivity index (χ0n) is 16.8. The third kappa shape index (κ3) is 4.45. The summed E-state index contributed by atoms with van der Waals surface area (Å²) in [5.74, 6) is -0.353. The van der Waals surface area contributed by atoms with Gasteiger partial charge in [-0.05, 0) is 60.7 Å². The average Bonchev–Trinajstić information content (AvgIpc) is 3.10. The summed E-state index contributed by atoms with van der Waals surface area (Å²) in [6.07, 6.45) is 1.71. The van der Waals surface area contributed by atoms with Crippen LogP contribution in [0.4, 0.5) is 4.39 Å². The molecule has 7 heteroatoms. The van der Waals surface area contributed by atoms with Crippen LogP contribution in [0.25, 0.3) is 0 Å². The standard InChI is InChI=1S/C24H20FN3O3/c1-31-20-13-9-17(10-14-20)22-21(26-23(29)18-5-3-2-4-6-18)24(30)27-28(22)15-16-7-11-19(25)12-8-16/h2-15,21-22H,1H3,(H-,26,27,29,30)/p+1/b28-15-/t21-,22-/m1/s1. The summed E-state index contributed by atoms with van der Waals surface area (Å²) >= 11 is 0. The van der Waals surface area contributed by atoms with Gasteiger partial charge in [-0.15, -0.1) is 10.1 Å². The van der Waals surface area contributed by atoms with Gasteiger partial charge in [-0.2, -0.15) is 0 Å². The Bertz CT molecular complexity index is 1110. The second-order valence-electron chi connectivity index (χ2n) is 7.10. The Morgan fingerprint density at radius 3 is 2.35 bits per heavy atom. The van der Waals surface area contributed by atoms with E-state index in [0.29, 0.717) is 16.9 Å². The number of amides is 2. The summed E-state index contributed by atoms with van der Waals surface area (Å²) in [6.45, 7) is 0. The molecule has 1 aliphatic heterocycles. The van der Waals surface area contributed by atoms with Gasteiger partial charge in [-0.3, -0.25) is 9.59 Å². The maximum atomic E-state index is 13.3. The molecule has 1 aliphatic rings. The van der Waals surface area contributed by atoms with Crippen molar-refractivity contribution in [3.05, 3.63) is 101 Å². The SMILES string of the molecule is COc1ccc([C@@H]2[C@@H](NC(=O)c3ccccc3)C(=O)N/[N+]2=C\c2ccc(F)cc2)cc1. The van der Waals surface area contributed by atoms with E-state index in [1.165, 1.54) is 12.1 Å². The molecule has 1 heterocycles. The number of carbonyl (C=O) groups excluding carboxylic acids is 2. The monoisotopic (exact) mass is 418 g/mol. The molecular weight excluding hydrogens is 397 g/mol. The quantitative estimate of drug-likeness (QED) is 0.626. The summed E-state index contributed by atoms with van der Waals surface area (Å²) in [5.41, 5.74) is 4.77. The molecule has 4 rings (SSSR count). The first kappa shape index (κ1) is 20.3. The van der Waals surface area contributed by atoms with Crippen molar-refractivity contribution in [2.45, 2.75) is 12.1 Å². The first-order chi connectivity index (χ1) is 15.0. The van der Waals surface area contributed by atoms with Crippen molar-refractivity contribution in [3.8, 4) is 5.75 Å². The molecule has 0 saturated carbocycles. The molecule has 156 valence electrons. The molecule has 2 N–H and O–H groups in total.